The molecule has 3 nitrogen and oxygen atoms in total. The summed E-state index contributed by atoms with van der Waals surface area (Å²) in [5, 5.41) is 4.76. The molecule has 1 rings (SSSR count). The summed E-state index contributed by atoms with van der Waals surface area (Å²) in [6, 6.07) is 1.88. The van der Waals surface area contributed by atoms with Gasteiger partial charge in [0.05, 0.1) is 4.88 Å². The lowest BCUT2D eigenvalue weighted by Gasteiger charge is -2.18. The fourth-order valence-corrected chi connectivity index (χ4v) is 1.76. The van der Waals surface area contributed by atoms with Crippen LogP contribution in [0.4, 0.5) is 0 Å². The van der Waals surface area contributed by atoms with Crippen LogP contribution in [0.2, 0.25) is 0 Å². The Morgan fingerprint density at radius 2 is 2.29 bits per heavy atom. The smallest absolute Gasteiger partial charge is 0.261 e. The maximum atomic E-state index is 11.5. The average Bonchev–Trinajstić information content (AvgIpc) is 2.46. The molecule has 0 unspecified atom stereocenters. The Kier molecular flexibility index (Phi) is 3.29. The number of nitrogens with one attached hydrogen (secondary N) is 1. The van der Waals surface area contributed by atoms with E-state index < -0.39 is 0 Å². The monoisotopic (exact) mass is 212 g/mol. The van der Waals surface area contributed by atoms with Gasteiger partial charge in [0.15, 0.2) is 0 Å². The van der Waals surface area contributed by atoms with Crippen molar-refractivity contribution in [2.24, 2.45) is 5.73 Å². The first-order valence-electron chi connectivity index (χ1n) is 4.51. The van der Waals surface area contributed by atoms with Crippen LogP contribution in [0.15, 0.2) is 11.4 Å². The van der Waals surface area contributed by atoms with Crippen molar-refractivity contribution >= 4 is 17.2 Å². The maximum Gasteiger partial charge on any atom is 0.261 e. The molecular formula is C10H16N2OS. The standard InChI is InChI=1S/C10H16N2OS/c1-7-4-8(14-5-7)9(13)12-6-10(2,3)11/h4-5H,6,11H2,1-3H3,(H,12,13). The van der Waals surface area contributed by atoms with Crippen LogP contribution in [0.3, 0.4) is 0 Å². The highest BCUT2D eigenvalue weighted by atomic mass is 32.1. The van der Waals surface area contributed by atoms with Crippen LogP contribution in [0.25, 0.3) is 0 Å². The molecule has 0 fully saturated rings. The summed E-state index contributed by atoms with van der Waals surface area (Å²) in [7, 11) is 0. The predicted molar refractivity (Wildman–Crippen MR) is 59.7 cm³/mol. The van der Waals surface area contributed by atoms with Gasteiger partial charge in [0.25, 0.3) is 5.91 Å². The summed E-state index contributed by atoms with van der Waals surface area (Å²) in [4.78, 5) is 12.3. The molecule has 1 heterocycles. The van der Waals surface area contributed by atoms with Crippen LogP contribution in [-0.4, -0.2) is 18.0 Å². The second kappa shape index (κ2) is 4.11. The van der Waals surface area contributed by atoms with Gasteiger partial charge >= 0.3 is 0 Å². The van der Waals surface area contributed by atoms with Crippen molar-refractivity contribution in [3.8, 4) is 0 Å². The van der Waals surface area contributed by atoms with E-state index in [2.05, 4.69) is 5.32 Å². The Balaban J connectivity index is 2.52. The molecule has 0 bridgehead atoms. The van der Waals surface area contributed by atoms with E-state index in [-0.39, 0.29) is 11.4 Å². The number of carbonyl (C=O) groups is 1. The first-order chi connectivity index (χ1) is 6.38. The van der Waals surface area contributed by atoms with Crippen LogP contribution < -0.4 is 11.1 Å². The zero-order valence-corrected chi connectivity index (χ0v) is 9.57. The number of hydrogen-bond donors (Lipinski definition) is 2. The highest BCUT2D eigenvalue weighted by molar-refractivity contribution is 7.12. The van der Waals surface area contributed by atoms with Gasteiger partial charge in [0.2, 0.25) is 0 Å². The van der Waals surface area contributed by atoms with Crippen LogP contribution in [0.5, 0.6) is 0 Å². The predicted octanol–water partition coefficient (Wildman–Crippen LogP) is 1.52. The lowest BCUT2D eigenvalue weighted by Crippen LogP contribution is -2.44. The zero-order valence-electron chi connectivity index (χ0n) is 8.76. The molecule has 0 saturated carbocycles. The summed E-state index contributed by atoms with van der Waals surface area (Å²) in [6.45, 7) is 6.23. The SMILES string of the molecule is Cc1csc(C(=O)NCC(C)(C)N)c1. The summed E-state index contributed by atoms with van der Waals surface area (Å²) in [6.07, 6.45) is 0. The normalized spacial score (nSPS) is 11.4. The van der Waals surface area contributed by atoms with Crippen molar-refractivity contribution in [1.82, 2.24) is 5.32 Å². The van der Waals surface area contributed by atoms with Crippen molar-refractivity contribution < 1.29 is 4.79 Å². The second-order valence-corrected chi connectivity index (χ2v) is 5.07. The Labute approximate surface area is 88.3 Å². The summed E-state index contributed by atoms with van der Waals surface area (Å²) in [5.74, 6) is -0.0402. The number of thiophene rings is 1. The lowest BCUT2D eigenvalue weighted by atomic mass is 10.1. The molecule has 1 aromatic rings. The Bertz CT molecular complexity index is 325. The number of carbonyl (C=O) groups excluding carboxylic acids is 1. The molecule has 1 amide bonds. The quantitative estimate of drug-likeness (QED) is 0.798. The molecule has 0 aliphatic heterocycles. The molecule has 0 radical (unpaired) electrons. The van der Waals surface area contributed by atoms with E-state index in [1.165, 1.54) is 11.3 Å². The van der Waals surface area contributed by atoms with E-state index in [0.29, 0.717) is 6.54 Å². The highest BCUT2D eigenvalue weighted by Crippen LogP contribution is 2.13. The second-order valence-electron chi connectivity index (χ2n) is 4.16. The number of nitrogens with two attached hydrogens (primary N) is 1. The molecule has 3 N–H and O–H groups in total. The molecule has 14 heavy (non-hydrogen) atoms. The number of rotatable bonds is 3. The van der Waals surface area contributed by atoms with Gasteiger partial charge in [-0.1, -0.05) is 0 Å². The molecule has 1 aromatic heterocycles. The fourth-order valence-electron chi connectivity index (χ4n) is 0.946. The first-order valence-corrected chi connectivity index (χ1v) is 5.39. The Hall–Kier alpha value is -0.870. The number of amides is 1. The molecule has 0 aromatic carbocycles. The zero-order chi connectivity index (χ0) is 10.8. The molecule has 0 spiro atoms. The van der Waals surface area contributed by atoms with Gasteiger partial charge in [-0.05, 0) is 37.8 Å². The van der Waals surface area contributed by atoms with E-state index in [1.54, 1.807) is 0 Å². The van der Waals surface area contributed by atoms with Gasteiger partial charge in [0, 0.05) is 12.1 Å². The van der Waals surface area contributed by atoms with Gasteiger partial charge in [-0.3, -0.25) is 4.79 Å². The third kappa shape index (κ3) is 3.47. The highest BCUT2D eigenvalue weighted by Gasteiger charge is 2.13. The van der Waals surface area contributed by atoms with Gasteiger partial charge in [-0.2, -0.15) is 0 Å². The maximum absolute atomic E-state index is 11.5. The minimum atomic E-state index is -0.359. The minimum absolute atomic E-state index is 0.0402. The molecular weight excluding hydrogens is 196 g/mol. The summed E-state index contributed by atoms with van der Waals surface area (Å²) in [5.41, 5.74) is 6.51. The van der Waals surface area contributed by atoms with Gasteiger partial charge in [0.1, 0.15) is 0 Å². The van der Waals surface area contributed by atoms with Gasteiger partial charge < -0.3 is 11.1 Å². The van der Waals surface area contributed by atoms with E-state index in [0.717, 1.165) is 10.4 Å². The van der Waals surface area contributed by atoms with Crippen LogP contribution in [0.1, 0.15) is 29.1 Å². The topological polar surface area (TPSA) is 55.1 Å². The van der Waals surface area contributed by atoms with Crippen LogP contribution in [0, 0.1) is 6.92 Å². The van der Waals surface area contributed by atoms with Crippen molar-refractivity contribution in [2.75, 3.05) is 6.54 Å². The number of hydrogen-bond acceptors (Lipinski definition) is 3. The fraction of sp³-hybridized carbons (Fsp3) is 0.500. The molecule has 0 aliphatic rings. The van der Waals surface area contributed by atoms with Gasteiger partial charge in [-0.25, -0.2) is 0 Å². The molecule has 0 saturated heterocycles. The van der Waals surface area contributed by atoms with Gasteiger partial charge in [-0.15, -0.1) is 11.3 Å². The lowest BCUT2D eigenvalue weighted by molar-refractivity contribution is 0.0950. The van der Waals surface area contributed by atoms with E-state index in [4.69, 9.17) is 5.73 Å². The van der Waals surface area contributed by atoms with Crippen LogP contribution >= 0.6 is 11.3 Å². The summed E-state index contributed by atoms with van der Waals surface area (Å²) >= 11 is 1.46. The molecule has 0 atom stereocenters. The Morgan fingerprint density at radius 1 is 1.64 bits per heavy atom. The van der Waals surface area contributed by atoms with E-state index >= 15 is 0 Å². The average molecular weight is 212 g/mol. The van der Waals surface area contributed by atoms with E-state index in [9.17, 15) is 4.79 Å². The Morgan fingerprint density at radius 3 is 2.71 bits per heavy atom. The van der Waals surface area contributed by atoms with Crippen LogP contribution in [-0.2, 0) is 0 Å². The first kappa shape index (κ1) is 11.2. The summed E-state index contributed by atoms with van der Waals surface area (Å²) < 4.78 is 0. The van der Waals surface area contributed by atoms with Crippen molar-refractivity contribution in [3.05, 3.63) is 21.9 Å². The minimum Gasteiger partial charge on any atom is -0.350 e. The third-order valence-corrected chi connectivity index (χ3v) is 2.71. The molecule has 4 heteroatoms. The van der Waals surface area contributed by atoms with Crippen molar-refractivity contribution in [2.45, 2.75) is 26.3 Å². The van der Waals surface area contributed by atoms with Crippen molar-refractivity contribution in [1.29, 1.82) is 0 Å². The largest absolute Gasteiger partial charge is 0.350 e. The molecule has 0 aliphatic carbocycles. The molecule has 78 valence electrons. The number of aryl methyl sites for hydroxylation is 1. The van der Waals surface area contributed by atoms with Crippen molar-refractivity contribution in [3.63, 3.8) is 0 Å². The third-order valence-electron chi connectivity index (χ3n) is 1.66. The van der Waals surface area contributed by atoms with E-state index in [1.807, 2.05) is 32.2 Å².